The van der Waals surface area contributed by atoms with Gasteiger partial charge >= 0.3 is 0 Å². The summed E-state index contributed by atoms with van der Waals surface area (Å²) >= 11 is 0. The summed E-state index contributed by atoms with van der Waals surface area (Å²) in [4.78, 5) is 4.26. The van der Waals surface area contributed by atoms with Crippen LogP contribution in [-0.2, 0) is 6.54 Å². The van der Waals surface area contributed by atoms with Gasteiger partial charge in [0.1, 0.15) is 5.75 Å². The van der Waals surface area contributed by atoms with Crippen molar-refractivity contribution in [3.8, 4) is 5.75 Å². The highest BCUT2D eigenvalue weighted by atomic mass is 16.5. The van der Waals surface area contributed by atoms with Crippen molar-refractivity contribution in [3.63, 3.8) is 0 Å². The zero-order chi connectivity index (χ0) is 13.7. The largest absolute Gasteiger partial charge is 0.491 e. The number of hydrogen-bond acceptors (Lipinski definition) is 3. The van der Waals surface area contributed by atoms with Crippen LogP contribution in [0, 0.1) is 6.92 Å². The number of rotatable bonds is 5. The molecule has 0 aliphatic heterocycles. The molecule has 0 aliphatic rings. The molecule has 0 fully saturated rings. The molecule has 100 valence electrons. The van der Waals surface area contributed by atoms with E-state index >= 15 is 0 Å². The van der Waals surface area contributed by atoms with Crippen LogP contribution in [0.4, 0.5) is 5.69 Å². The van der Waals surface area contributed by atoms with E-state index in [4.69, 9.17) is 4.74 Å². The van der Waals surface area contributed by atoms with Gasteiger partial charge < -0.3 is 10.1 Å². The van der Waals surface area contributed by atoms with Crippen molar-refractivity contribution in [2.24, 2.45) is 0 Å². The van der Waals surface area contributed by atoms with Crippen molar-refractivity contribution in [2.75, 3.05) is 5.32 Å². The summed E-state index contributed by atoms with van der Waals surface area (Å²) < 4.78 is 5.68. The van der Waals surface area contributed by atoms with Gasteiger partial charge in [-0.25, -0.2) is 0 Å². The molecule has 3 heteroatoms. The third-order valence-corrected chi connectivity index (χ3v) is 2.68. The summed E-state index contributed by atoms with van der Waals surface area (Å²) in [5, 5.41) is 3.35. The Balaban J connectivity index is 1.97. The van der Waals surface area contributed by atoms with Crippen molar-refractivity contribution >= 4 is 5.69 Å². The van der Waals surface area contributed by atoms with Gasteiger partial charge in [0.25, 0.3) is 0 Å². The zero-order valence-corrected chi connectivity index (χ0v) is 11.7. The number of ether oxygens (including phenoxy) is 1. The molecule has 1 aromatic carbocycles. The summed E-state index contributed by atoms with van der Waals surface area (Å²) in [5.74, 6) is 0.913. The molecule has 0 unspecified atom stereocenters. The van der Waals surface area contributed by atoms with Crippen LogP contribution < -0.4 is 10.1 Å². The molecule has 0 amide bonds. The molecule has 0 atom stereocenters. The van der Waals surface area contributed by atoms with E-state index in [1.165, 1.54) is 5.56 Å². The standard InChI is InChI=1S/C16H20N2O/c1-12(2)19-16-6-4-5-14(9-16)10-18-15-8-7-13(3)17-11-15/h4-9,11-12,18H,10H2,1-3H3. The normalized spacial score (nSPS) is 10.5. The smallest absolute Gasteiger partial charge is 0.120 e. The number of pyridine rings is 1. The van der Waals surface area contributed by atoms with Gasteiger partial charge in [-0.05, 0) is 50.6 Å². The second-order valence-corrected chi connectivity index (χ2v) is 4.86. The lowest BCUT2D eigenvalue weighted by Gasteiger charge is -2.11. The molecular formula is C16H20N2O. The lowest BCUT2D eigenvalue weighted by molar-refractivity contribution is 0.242. The molecule has 0 bridgehead atoms. The molecule has 2 aromatic rings. The van der Waals surface area contributed by atoms with Gasteiger partial charge in [-0.1, -0.05) is 12.1 Å². The fourth-order valence-electron chi connectivity index (χ4n) is 1.78. The van der Waals surface area contributed by atoms with E-state index in [9.17, 15) is 0 Å². The fourth-order valence-corrected chi connectivity index (χ4v) is 1.78. The Bertz CT molecular complexity index is 521. The van der Waals surface area contributed by atoms with Gasteiger partial charge in [0.2, 0.25) is 0 Å². The highest BCUT2D eigenvalue weighted by Gasteiger charge is 2.00. The summed E-state index contributed by atoms with van der Waals surface area (Å²) in [6, 6.07) is 12.2. The van der Waals surface area contributed by atoms with E-state index in [1.54, 1.807) is 0 Å². The first-order chi connectivity index (χ1) is 9.13. The average Bonchev–Trinajstić information content (AvgIpc) is 2.38. The summed E-state index contributed by atoms with van der Waals surface area (Å²) in [7, 11) is 0. The first kappa shape index (κ1) is 13.4. The first-order valence-electron chi connectivity index (χ1n) is 6.55. The maximum absolute atomic E-state index is 5.68. The average molecular weight is 256 g/mol. The molecular weight excluding hydrogens is 236 g/mol. The Morgan fingerprint density at radius 2 is 2.05 bits per heavy atom. The zero-order valence-electron chi connectivity index (χ0n) is 11.7. The van der Waals surface area contributed by atoms with E-state index in [0.29, 0.717) is 0 Å². The van der Waals surface area contributed by atoms with E-state index in [0.717, 1.165) is 23.7 Å². The SMILES string of the molecule is Cc1ccc(NCc2cccc(OC(C)C)c2)cn1. The summed E-state index contributed by atoms with van der Waals surface area (Å²) in [6.45, 7) is 6.81. The van der Waals surface area contributed by atoms with Gasteiger partial charge in [-0.15, -0.1) is 0 Å². The van der Waals surface area contributed by atoms with Crippen LogP contribution in [0.1, 0.15) is 25.1 Å². The van der Waals surface area contributed by atoms with Gasteiger partial charge in [-0.3, -0.25) is 4.98 Å². The van der Waals surface area contributed by atoms with Gasteiger partial charge in [-0.2, -0.15) is 0 Å². The van der Waals surface area contributed by atoms with E-state index < -0.39 is 0 Å². The Morgan fingerprint density at radius 3 is 2.74 bits per heavy atom. The van der Waals surface area contributed by atoms with E-state index in [1.807, 2.05) is 51.2 Å². The van der Waals surface area contributed by atoms with Crippen LogP contribution in [0.25, 0.3) is 0 Å². The molecule has 0 radical (unpaired) electrons. The fraction of sp³-hybridized carbons (Fsp3) is 0.312. The van der Waals surface area contributed by atoms with Crippen LogP contribution in [0.3, 0.4) is 0 Å². The lowest BCUT2D eigenvalue weighted by atomic mass is 10.2. The number of aryl methyl sites for hydroxylation is 1. The van der Waals surface area contributed by atoms with Gasteiger partial charge in [0, 0.05) is 12.2 Å². The van der Waals surface area contributed by atoms with E-state index in [-0.39, 0.29) is 6.10 Å². The number of aromatic nitrogens is 1. The van der Waals surface area contributed by atoms with Gasteiger partial charge in [0.15, 0.2) is 0 Å². The van der Waals surface area contributed by atoms with Crippen molar-refractivity contribution in [3.05, 3.63) is 53.9 Å². The lowest BCUT2D eigenvalue weighted by Crippen LogP contribution is -2.06. The molecule has 1 aromatic heterocycles. The monoisotopic (exact) mass is 256 g/mol. The maximum atomic E-state index is 5.68. The highest BCUT2D eigenvalue weighted by Crippen LogP contribution is 2.16. The molecule has 0 saturated heterocycles. The number of benzene rings is 1. The van der Waals surface area contributed by atoms with Crippen molar-refractivity contribution in [2.45, 2.75) is 33.4 Å². The Kier molecular flexibility index (Phi) is 4.39. The van der Waals surface area contributed by atoms with Crippen LogP contribution in [0.15, 0.2) is 42.6 Å². The minimum absolute atomic E-state index is 0.199. The van der Waals surface area contributed by atoms with Crippen molar-refractivity contribution in [1.82, 2.24) is 4.98 Å². The third-order valence-electron chi connectivity index (χ3n) is 2.68. The Hall–Kier alpha value is -2.03. The van der Waals surface area contributed by atoms with Crippen LogP contribution >= 0.6 is 0 Å². The van der Waals surface area contributed by atoms with Crippen molar-refractivity contribution < 1.29 is 4.74 Å². The minimum atomic E-state index is 0.199. The predicted molar refractivity (Wildman–Crippen MR) is 78.5 cm³/mol. The molecule has 1 N–H and O–H groups in total. The second kappa shape index (κ2) is 6.23. The molecule has 0 saturated carbocycles. The number of nitrogens with zero attached hydrogens (tertiary/aromatic N) is 1. The Morgan fingerprint density at radius 1 is 1.21 bits per heavy atom. The second-order valence-electron chi connectivity index (χ2n) is 4.86. The molecule has 19 heavy (non-hydrogen) atoms. The van der Waals surface area contributed by atoms with Crippen LogP contribution in [0.2, 0.25) is 0 Å². The van der Waals surface area contributed by atoms with Crippen LogP contribution in [-0.4, -0.2) is 11.1 Å². The Labute approximate surface area is 114 Å². The number of nitrogens with one attached hydrogen (secondary N) is 1. The summed E-state index contributed by atoms with van der Waals surface area (Å²) in [5.41, 5.74) is 3.25. The third kappa shape index (κ3) is 4.28. The molecule has 0 spiro atoms. The number of anilines is 1. The van der Waals surface area contributed by atoms with Crippen LogP contribution in [0.5, 0.6) is 5.75 Å². The van der Waals surface area contributed by atoms with Gasteiger partial charge in [0.05, 0.1) is 18.0 Å². The molecule has 0 aliphatic carbocycles. The molecule has 1 heterocycles. The summed E-state index contributed by atoms with van der Waals surface area (Å²) in [6.07, 6.45) is 2.05. The first-order valence-corrected chi connectivity index (χ1v) is 6.55. The quantitative estimate of drug-likeness (QED) is 0.883. The van der Waals surface area contributed by atoms with Crippen molar-refractivity contribution in [1.29, 1.82) is 0 Å². The molecule has 2 rings (SSSR count). The maximum Gasteiger partial charge on any atom is 0.120 e. The topological polar surface area (TPSA) is 34.1 Å². The number of hydrogen-bond donors (Lipinski definition) is 1. The minimum Gasteiger partial charge on any atom is -0.491 e. The molecule has 3 nitrogen and oxygen atoms in total. The highest BCUT2D eigenvalue weighted by molar-refractivity contribution is 5.42. The predicted octanol–water partition coefficient (Wildman–Crippen LogP) is 3.79. The van der Waals surface area contributed by atoms with E-state index in [2.05, 4.69) is 22.4 Å².